The molecule has 0 atom stereocenters. The second-order valence-electron chi connectivity index (χ2n) is 3.60. The quantitative estimate of drug-likeness (QED) is 0.247. The van der Waals surface area contributed by atoms with Gasteiger partial charge in [0.15, 0.2) is 0 Å². The van der Waals surface area contributed by atoms with Crippen LogP contribution in [-0.2, 0) is 19.2 Å². The molecule has 100 valence electrons. The lowest BCUT2D eigenvalue weighted by atomic mass is 9.89. The van der Waals surface area contributed by atoms with Crippen molar-refractivity contribution in [3.05, 3.63) is 12.2 Å². The highest BCUT2D eigenvalue weighted by Gasteiger charge is 2.46. The number of carboxylic acid groups (broad SMARTS) is 3. The van der Waals surface area contributed by atoms with Gasteiger partial charge in [0.1, 0.15) is 0 Å². The van der Waals surface area contributed by atoms with Crippen molar-refractivity contribution >= 4 is 24.3 Å². The molecule has 0 saturated heterocycles. The summed E-state index contributed by atoms with van der Waals surface area (Å²) in [7, 11) is 0. The van der Waals surface area contributed by atoms with Crippen LogP contribution in [0, 0.1) is 0 Å². The Bertz CT molecular complexity index is 374. The number of hydrogen-bond acceptors (Lipinski definition) is 4. The van der Waals surface area contributed by atoms with Crippen LogP contribution in [0.3, 0.4) is 0 Å². The minimum absolute atomic E-state index is 0.0350. The third-order valence-electron chi connectivity index (χ3n) is 2.24. The van der Waals surface area contributed by atoms with E-state index < -0.39 is 29.9 Å². The lowest BCUT2D eigenvalue weighted by molar-refractivity contribution is -0.160. The van der Waals surface area contributed by atoms with Crippen LogP contribution in [0.25, 0.3) is 0 Å². The molecule has 0 aliphatic carbocycles. The largest absolute Gasteiger partial charge is 0.481 e. The second kappa shape index (κ2) is 6.38. The molecule has 8 heteroatoms. The average molecular weight is 259 g/mol. The second-order valence-corrected chi connectivity index (χ2v) is 3.60. The molecule has 8 nitrogen and oxygen atoms in total. The Morgan fingerprint density at radius 1 is 1.11 bits per heavy atom. The van der Waals surface area contributed by atoms with E-state index in [0.29, 0.717) is 0 Å². The number of aliphatic carboxylic acids is 3. The summed E-state index contributed by atoms with van der Waals surface area (Å²) in [6.45, 7) is 3.41. The Morgan fingerprint density at radius 2 is 1.61 bits per heavy atom. The number of amides is 1. The van der Waals surface area contributed by atoms with Crippen LogP contribution in [0.1, 0.15) is 19.3 Å². The van der Waals surface area contributed by atoms with Gasteiger partial charge in [-0.3, -0.25) is 9.59 Å². The average Bonchev–Trinajstić information content (AvgIpc) is 2.24. The van der Waals surface area contributed by atoms with Gasteiger partial charge in [-0.25, -0.2) is 9.59 Å². The zero-order valence-corrected chi connectivity index (χ0v) is 9.38. The summed E-state index contributed by atoms with van der Waals surface area (Å²) in [4.78, 5) is 42.6. The highest BCUT2D eigenvalue weighted by Crippen LogP contribution is 2.20. The van der Waals surface area contributed by atoms with Crippen molar-refractivity contribution in [1.82, 2.24) is 5.32 Å². The summed E-state index contributed by atoms with van der Waals surface area (Å²) in [6.07, 6.45) is -0.982. The maximum Gasteiger partial charge on any atom is 0.341 e. The van der Waals surface area contributed by atoms with Crippen molar-refractivity contribution < 1.29 is 34.5 Å². The van der Waals surface area contributed by atoms with Gasteiger partial charge in [0, 0.05) is 12.8 Å². The Morgan fingerprint density at radius 3 is 1.94 bits per heavy atom. The van der Waals surface area contributed by atoms with Gasteiger partial charge in [0.25, 0.3) is 0 Å². The standard InChI is InChI=1S/C10H13NO7/c1-6(2-3-7(13)14)4-10(8(15)16,9(17)18)11-5-12/h5H,1-4H2,(H,11,12)(H,13,14)(H,15,16)(H,17,18). The Balaban J connectivity index is 4.94. The normalized spacial score (nSPS) is 10.4. The first-order valence-electron chi connectivity index (χ1n) is 4.83. The highest BCUT2D eigenvalue weighted by molar-refractivity contribution is 6.05. The number of carboxylic acids is 3. The van der Waals surface area contributed by atoms with Gasteiger partial charge < -0.3 is 20.6 Å². The van der Waals surface area contributed by atoms with E-state index >= 15 is 0 Å². The molecule has 1 amide bonds. The number of hydrogen-bond donors (Lipinski definition) is 4. The fourth-order valence-corrected chi connectivity index (χ4v) is 1.26. The molecule has 18 heavy (non-hydrogen) atoms. The van der Waals surface area contributed by atoms with E-state index in [9.17, 15) is 19.2 Å². The van der Waals surface area contributed by atoms with Crippen molar-refractivity contribution in [3.63, 3.8) is 0 Å². The fourth-order valence-electron chi connectivity index (χ4n) is 1.26. The SMILES string of the molecule is C=C(CCC(=O)O)CC(NC=O)(C(=O)O)C(=O)O. The summed E-state index contributed by atoms with van der Waals surface area (Å²) >= 11 is 0. The zero-order chi connectivity index (χ0) is 14.3. The topological polar surface area (TPSA) is 141 Å². The van der Waals surface area contributed by atoms with Crippen LogP contribution in [0.15, 0.2) is 12.2 Å². The molecule has 0 aromatic rings. The molecule has 0 unspecified atom stereocenters. The summed E-state index contributed by atoms with van der Waals surface area (Å²) < 4.78 is 0. The van der Waals surface area contributed by atoms with E-state index in [1.807, 2.05) is 0 Å². The van der Waals surface area contributed by atoms with E-state index in [1.54, 1.807) is 5.32 Å². The molecule has 0 spiro atoms. The van der Waals surface area contributed by atoms with Crippen molar-refractivity contribution in [2.45, 2.75) is 24.8 Å². The Hall–Kier alpha value is -2.38. The predicted molar refractivity (Wildman–Crippen MR) is 57.8 cm³/mol. The van der Waals surface area contributed by atoms with Crippen molar-refractivity contribution in [2.75, 3.05) is 0 Å². The van der Waals surface area contributed by atoms with Crippen molar-refractivity contribution in [1.29, 1.82) is 0 Å². The first-order chi connectivity index (χ1) is 8.26. The van der Waals surface area contributed by atoms with Crippen LogP contribution in [0.4, 0.5) is 0 Å². The van der Waals surface area contributed by atoms with E-state index in [-0.39, 0.29) is 24.8 Å². The van der Waals surface area contributed by atoms with Crippen LogP contribution in [0.5, 0.6) is 0 Å². The maximum atomic E-state index is 11.0. The van der Waals surface area contributed by atoms with Crippen LogP contribution >= 0.6 is 0 Å². The monoisotopic (exact) mass is 259 g/mol. The van der Waals surface area contributed by atoms with Crippen LogP contribution < -0.4 is 5.32 Å². The Labute approximate surface area is 102 Å². The van der Waals surface area contributed by atoms with Gasteiger partial charge in [-0.15, -0.1) is 0 Å². The molecular weight excluding hydrogens is 246 g/mol. The third kappa shape index (κ3) is 3.89. The van der Waals surface area contributed by atoms with Gasteiger partial charge in [-0.1, -0.05) is 12.2 Å². The first kappa shape index (κ1) is 15.6. The minimum Gasteiger partial charge on any atom is -0.481 e. The third-order valence-corrected chi connectivity index (χ3v) is 2.24. The fraction of sp³-hybridized carbons (Fsp3) is 0.400. The van der Waals surface area contributed by atoms with E-state index in [1.165, 1.54) is 0 Å². The molecule has 0 rings (SSSR count). The van der Waals surface area contributed by atoms with Gasteiger partial charge in [0.2, 0.25) is 11.9 Å². The number of rotatable bonds is 9. The molecule has 0 aliphatic rings. The molecule has 0 radical (unpaired) electrons. The molecule has 4 N–H and O–H groups in total. The smallest absolute Gasteiger partial charge is 0.341 e. The predicted octanol–water partition coefficient (Wildman–Crippen LogP) is -0.548. The van der Waals surface area contributed by atoms with Crippen molar-refractivity contribution in [3.8, 4) is 0 Å². The minimum atomic E-state index is -2.52. The molecular formula is C10H13NO7. The van der Waals surface area contributed by atoms with Gasteiger partial charge in [-0.05, 0) is 6.42 Å². The van der Waals surface area contributed by atoms with E-state index in [0.717, 1.165) is 0 Å². The molecule has 0 aromatic carbocycles. The molecule has 0 bridgehead atoms. The van der Waals surface area contributed by atoms with Crippen molar-refractivity contribution in [2.24, 2.45) is 0 Å². The van der Waals surface area contributed by atoms with Crippen LogP contribution in [-0.4, -0.2) is 45.2 Å². The highest BCUT2D eigenvalue weighted by atomic mass is 16.4. The summed E-state index contributed by atoms with van der Waals surface area (Å²) in [5, 5.41) is 27.9. The summed E-state index contributed by atoms with van der Waals surface area (Å²) in [6, 6.07) is 0. The first-order valence-corrected chi connectivity index (χ1v) is 4.83. The van der Waals surface area contributed by atoms with Gasteiger partial charge in [-0.2, -0.15) is 0 Å². The van der Waals surface area contributed by atoms with Gasteiger partial charge >= 0.3 is 17.9 Å². The number of carbonyl (C=O) groups excluding carboxylic acids is 1. The summed E-state index contributed by atoms with van der Waals surface area (Å²) in [5.74, 6) is -4.62. The molecule has 0 heterocycles. The lowest BCUT2D eigenvalue weighted by Crippen LogP contribution is -2.58. The van der Waals surface area contributed by atoms with Crippen LogP contribution in [0.2, 0.25) is 0 Å². The Kier molecular flexibility index (Phi) is 5.54. The van der Waals surface area contributed by atoms with Gasteiger partial charge in [0.05, 0.1) is 0 Å². The number of carbonyl (C=O) groups is 4. The van der Waals surface area contributed by atoms with E-state index in [2.05, 4.69) is 6.58 Å². The van der Waals surface area contributed by atoms with E-state index in [4.69, 9.17) is 15.3 Å². The maximum absolute atomic E-state index is 11.0. The number of nitrogens with one attached hydrogen (secondary N) is 1. The molecule has 0 aromatic heterocycles. The molecule has 0 aliphatic heterocycles. The summed E-state index contributed by atoms with van der Waals surface area (Å²) in [5.41, 5.74) is -2.41. The molecule has 0 fully saturated rings. The zero-order valence-electron chi connectivity index (χ0n) is 9.38. The molecule has 0 saturated carbocycles. The lowest BCUT2D eigenvalue weighted by Gasteiger charge is -2.24.